The monoisotopic (exact) mass is 465 g/mol. The second-order valence-corrected chi connectivity index (χ2v) is 8.80. The van der Waals surface area contributed by atoms with E-state index in [0.29, 0.717) is 34.6 Å². The molecule has 1 heterocycles. The number of nitroso groups, excluding NO2 is 1. The molecule has 0 amide bonds. The summed E-state index contributed by atoms with van der Waals surface area (Å²) < 4.78 is 17.2. The number of hydrogen-bond donors (Lipinski definition) is 1. The molecule has 2 atom stereocenters. The van der Waals surface area contributed by atoms with Crippen LogP contribution in [-0.2, 0) is 6.42 Å². The molecule has 2 aromatic carbocycles. The maximum Gasteiger partial charge on any atom is 0.174 e. The highest BCUT2D eigenvalue weighted by Crippen LogP contribution is 2.48. The first-order valence-corrected chi connectivity index (χ1v) is 11.1. The van der Waals surface area contributed by atoms with Crippen molar-refractivity contribution in [1.29, 1.82) is 0 Å². The third kappa shape index (κ3) is 5.14. The molecule has 3 rings (SSSR count). The first-order chi connectivity index (χ1) is 16.2. The van der Waals surface area contributed by atoms with E-state index in [1.165, 1.54) is 31.9 Å². The van der Waals surface area contributed by atoms with E-state index in [-0.39, 0.29) is 35.3 Å². The van der Waals surface area contributed by atoms with Gasteiger partial charge in [0.1, 0.15) is 40.4 Å². The lowest BCUT2D eigenvalue weighted by Gasteiger charge is -2.30. The molecule has 1 aliphatic heterocycles. The standard InChI is InChI=1S/C27H31NO6/c1-15(2)7-8-17(16(3)4)11-20-21(29)13-25(33-6)26-22(30)14-24(34-27(20)26)19-10-9-18(28-31)12-23(19)32-5/h7,9-10,12-13,17,24,29H,3,8,11,14H2,1-2,4-6H3. The Hall–Kier alpha value is -3.61. The number of carbonyl (C=O) groups is 1. The summed E-state index contributed by atoms with van der Waals surface area (Å²) in [6.07, 6.45) is 2.72. The maximum atomic E-state index is 13.3. The first-order valence-electron chi connectivity index (χ1n) is 11.1. The molecular weight excluding hydrogens is 434 g/mol. The lowest BCUT2D eigenvalue weighted by molar-refractivity contribution is 0.0838. The molecule has 7 nitrogen and oxygen atoms in total. The van der Waals surface area contributed by atoms with E-state index in [9.17, 15) is 14.8 Å². The molecular formula is C27H31NO6. The number of allylic oxidation sites excluding steroid dienone is 3. The SMILES string of the molecule is C=C(C)C(CC=C(C)C)Cc1c(O)cc(OC)c2c1OC(c1ccc(N=O)cc1OC)CC2=O. The Balaban J connectivity index is 2.10. The van der Waals surface area contributed by atoms with Crippen LogP contribution in [0.2, 0.25) is 0 Å². The van der Waals surface area contributed by atoms with Gasteiger partial charge in [-0.3, -0.25) is 4.79 Å². The van der Waals surface area contributed by atoms with Crippen molar-refractivity contribution in [3.05, 3.63) is 69.7 Å². The highest BCUT2D eigenvalue weighted by atomic mass is 16.5. The molecule has 0 aliphatic carbocycles. The van der Waals surface area contributed by atoms with Crippen LogP contribution in [0, 0.1) is 10.8 Å². The van der Waals surface area contributed by atoms with Crippen molar-refractivity contribution in [2.24, 2.45) is 11.1 Å². The van der Waals surface area contributed by atoms with Crippen LogP contribution < -0.4 is 14.2 Å². The molecule has 0 aromatic heterocycles. The largest absolute Gasteiger partial charge is 0.507 e. The third-order valence-corrected chi connectivity index (χ3v) is 6.08. The average molecular weight is 466 g/mol. The lowest BCUT2D eigenvalue weighted by Crippen LogP contribution is -2.23. The van der Waals surface area contributed by atoms with E-state index in [1.807, 2.05) is 20.8 Å². The van der Waals surface area contributed by atoms with Crippen LogP contribution in [0.15, 0.2) is 53.2 Å². The zero-order valence-electron chi connectivity index (χ0n) is 20.3. The molecule has 2 aromatic rings. The number of carbonyl (C=O) groups excluding carboxylic acids is 1. The van der Waals surface area contributed by atoms with E-state index in [0.717, 1.165) is 12.0 Å². The van der Waals surface area contributed by atoms with Gasteiger partial charge in [0.2, 0.25) is 0 Å². The van der Waals surface area contributed by atoms with Gasteiger partial charge in [0.05, 0.1) is 20.6 Å². The van der Waals surface area contributed by atoms with E-state index in [4.69, 9.17) is 14.2 Å². The van der Waals surface area contributed by atoms with Gasteiger partial charge >= 0.3 is 0 Å². The Morgan fingerprint density at radius 1 is 1.24 bits per heavy atom. The summed E-state index contributed by atoms with van der Waals surface area (Å²) in [4.78, 5) is 24.2. The summed E-state index contributed by atoms with van der Waals surface area (Å²) in [5, 5.41) is 13.9. The van der Waals surface area contributed by atoms with Crippen LogP contribution >= 0.6 is 0 Å². The number of rotatable bonds is 9. The van der Waals surface area contributed by atoms with Crippen LogP contribution in [0.25, 0.3) is 0 Å². The van der Waals surface area contributed by atoms with E-state index >= 15 is 0 Å². The number of hydrogen-bond acceptors (Lipinski definition) is 7. The predicted octanol–water partition coefficient (Wildman–Crippen LogP) is 6.60. The maximum absolute atomic E-state index is 13.3. The Bertz CT molecular complexity index is 1150. The number of ether oxygens (including phenoxy) is 3. The molecule has 0 radical (unpaired) electrons. The number of nitrogens with zero attached hydrogens (tertiary/aromatic N) is 1. The minimum atomic E-state index is -0.665. The van der Waals surface area contributed by atoms with Gasteiger partial charge in [-0.05, 0) is 56.8 Å². The minimum absolute atomic E-state index is 0.0000298. The summed E-state index contributed by atoms with van der Waals surface area (Å²) in [7, 11) is 2.93. The fraction of sp³-hybridized carbons (Fsp3) is 0.370. The zero-order chi connectivity index (χ0) is 25.0. The molecule has 0 spiro atoms. The summed E-state index contributed by atoms with van der Waals surface area (Å²) in [6, 6.07) is 6.20. The Morgan fingerprint density at radius 3 is 2.53 bits per heavy atom. The summed E-state index contributed by atoms with van der Waals surface area (Å²) in [5.41, 5.74) is 3.85. The summed E-state index contributed by atoms with van der Waals surface area (Å²) in [5.74, 6) is 0.852. The Labute approximate surface area is 200 Å². The molecule has 1 N–H and O–H groups in total. The quantitative estimate of drug-likeness (QED) is 0.331. The molecule has 7 heteroatoms. The van der Waals surface area contributed by atoms with Crippen molar-refractivity contribution in [2.75, 3.05) is 14.2 Å². The molecule has 0 saturated heterocycles. The summed E-state index contributed by atoms with van der Waals surface area (Å²) >= 11 is 0. The molecule has 0 fully saturated rings. The van der Waals surface area contributed by atoms with Crippen molar-refractivity contribution < 1.29 is 24.1 Å². The lowest BCUT2D eigenvalue weighted by atomic mass is 9.86. The fourth-order valence-corrected chi connectivity index (χ4v) is 4.15. The van der Waals surface area contributed by atoms with Crippen LogP contribution in [0.1, 0.15) is 61.2 Å². The smallest absolute Gasteiger partial charge is 0.174 e. The van der Waals surface area contributed by atoms with Gasteiger partial charge in [0.25, 0.3) is 0 Å². The van der Waals surface area contributed by atoms with Crippen LogP contribution in [0.3, 0.4) is 0 Å². The van der Waals surface area contributed by atoms with Gasteiger partial charge in [0, 0.05) is 23.3 Å². The predicted molar refractivity (Wildman–Crippen MR) is 131 cm³/mol. The van der Waals surface area contributed by atoms with E-state index < -0.39 is 6.10 Å². The Kier molecular flexibility index (Phi) is 7.76. The molecule has 0 bridgehead atoms. The van der Waals surface area contributed by atoms with Crippen molar-refractivity contribution in [2.45, 2.75) is 46.1 Å². The van der Waals surface area contributed by atoms with Crippen LogP contribution in [-0.4, -0.2) is 25.1 Å². The van der Waals surface area contributed by atoms with E-state index in [2.05, 4.69) is 17.8 Å². The fourth-order valence-electron chi connectivity index (χ4n) is 4.15. The second kappa shape index (κ2) is 10.5. The molecule has 34 heavy (non-hydrogen) atoms. The number of methoxy groups -OCH3 is 2. The minimum Gasteiger partial charge on any atom is -0.507 e. The molecule has 180 valence electrons. The number of aromatic hydroxyl groups is 1. The second-order valence-electron chi connectivity index (χ2n) is 8.80. The van der Waals surface area contributed by atoms with Gasteiger partial charge in [-0.2, -0.15) is 0 Å². The van der Waals surface area contributed by atoms with Crippen molar-refractivity contribution >= 4 is 11.5 Å². The highest BCUT2D eigenvalue weighted by Gasteiger charge is 2.35. The normalized spacial score (nSPS) is 15.6. The number of benzene rings is 2. The number of fused-ring (bicyclic) bond motifs is 1. The van der Waals surface area contributed by atoms with Gasteiger partial charge in [-0.1, -0.05) is 23.8 Å². The summed E-state index contributed by atoms with van der Waals surface area (Å²) in [6.45, 7) is 10.2. The van der Waals surface area contributed by atoms with Crippen LogP contribution in [0.4, 0.5) is 5.69 Å². The topological polar surface area (TPSA) is 94.4 Å². The number of phenolic OH excluding ortho intramolecular Hbond substituents is 1. The highest BCUT2D eigenvalue weighted by molar-refractivity contribution is 6.03. The zero-order valence-corrected chi connectivity index (χ0v) is 20.3. The van der Waals surface area contributed by atoms with Gasteiger partial charge in [-0.25, -0.2) is 0 Å². The number of Topliss-reactive ketones (excluding diaryl/α,β-unsaturated/α-hetero) is 1. The number of ketones is 1. The molecule has 2 unspecified atom stereocenters. The number of phenols is 1. The van der Waals surface area contributed by atoms with E-state index in [1.54, 1.807) is 12.1 Å². The first kappa shape index (κ1) is 25.0. The van der Waals surface area contributed by atoms with Crippen LogP contribution in [0.5, 0.6) is 23.0 Å². The third-order valence-electron chi connectivity index (χ3n) is 6.08. The van der Waals surface area contributed by atoms with Gasteiger partial charge in [-0.15, -0.1) is 4.91 Å². The Morgan fingerprint density at radius 2 is 1.94 bits per heavy atom. The average Bonchev–Trinajstić information content (AvgIpc) is 2.81. The van der Waals surface area contributed by atoms with Gasteiger partial charge in [0.15, 0.2) is 5.78 Å². The van der Waals surface area contributed by atoms with Gasteiger partial charge < -0.3 is 19.3 Å². The van der Waals surface area contributed by atoms with Crippen molar-refractivity contribution in [3.63, 3.8) is 0 Å². The molecule has 1 aliphatic rings. The van der Waals surface area contributed by atoms with Crippen molar-refractivity contribution in [3.8, 4) is 23.0 Å². The molecule has 0 saturated carbocycles. The van der Waals surface area contributed by atoms with Crippen molar-refractivity contribution in [1.82, 2.24) is 0 Å².